The van der Waals surface area contributed by atoms with Crippen LogP contribution in [0.15, 0.2) is 0 Å². The van der Waals surface area contributed by atoms with Crippen LogP contribution in [0.1, 0.15) is 13.8 Å². The van der Waals surface area contributed by atoms with Crippen molar-refractivity contribution in [3.05, 3.63) is 5.21 Å². The third-order valence-electron chi connectivity index (χ3n) is 0.531. The largest absolute Gasteiger partial charge is 0.407 e. The third kappa shape index (κ3) is 2.03. The minimum absolute atomic E-state index is 0.458. The van der Waals surface area contributed by atoms with E-state index in [0.717, 1.165) is 0 Å². The molecule has 0 aromatic carbocycles. The second-order valence-corrected chi connectivity index (χ2v) is 1.39. The molecule has 0 radical (unpaired) electrons. The number of rotatable bonds is 1. The molecule has 0 unspecified atom stereocenters. The molecule has 7 heavy (non-hydrogen) atoms. The Morgan fingerprint density at radius 2 is 2.00 bits per heavy atom. The van der Waals surface area contributed by atoms with E-state index in [0.29, 0.717) is 10.6 Å². The van der Waals surface area contributed by atoms with Crippen molar-refractivity contribution in [3.8, 4) is 0 Å². The van der Waals surface area contributed by atoms with Gasteiger partial charge in [0, 0.05) is 25.9 Å². The van der Waals surface area contributed by atoms with Gasteiger partial charge in [0.25, 0.3) is 0 Å². The SMILES string of the molecule is CO[N+]([O-])=C(C)C. The van der Waals surface area contributed by atoms with Crippen LogP contribution >= 0.6 is 0 Å². The zero-order valence-corrected chi connectivity index (χ0v) is 4.76. The summed E-state index contributed by atoms with van der Waals surface area (Å²) >= 11 is 0. The van der Waals surface area contributed by atoms with E-state index < -0.39 is 0 Å². The summed E-state index contributed by atoms with van der Waals surface area (Å²) in [6, 6.07) is 0. The molecule has 0 N–H and O–H groups in total. The molecule has 0 saturated heterocycles. The highest BCUT2D eigenvalue weighted by Crippen LogP contribution is 1.73. The molecule has 0 fully saturated rings. The first-order valence-corrected chi connectivity index (χ1v) is 2.00. The van der Waals surface area contributed by atoms with E-state index in [1.165, 1.54) is 7.11 Å². The van der Waals surface area contributed by atoms with E-state index in [1.54, 1.807) is 13.8 Å². The van der Waals surface area contributed by atoms with Gasteiger partial charge in [0.05, 0.1) is 0 Å². The van der Waals surface area contributed by atoms with Crippen LogP contribution in [0.2, 0.25) is 0 Å². The van der Waals surface area contributed by atoms with Crippen LogP contribution in [0.25, 0.3) is 0 Å². The van der Waals surface area contributed by atoms with Gasteiger partial charge in [0.1, 0.15) is 0 Å². The first-order chi connectivity index (χ1) is 3.18. The molecule has 0 spiro atoms. The summed E-state index contributed by atoms with van der Waals surface area (Å²) in [5.74, 6) is 0. The van der Waals surface area contributed by atoms with Gasteiger partial charge in [-0.2, -0.15) is 0 Å². The molecule has 0 bridgehead atoms. The lowest BCUT2D eigenvalue weighted by atomic mass is 10.5. The normalized spacial score (nSPS) is 7.86. The lowest BCUT2D eigenvalue weighted by Crippen LogP contribution is -2.07. The summed E-state index contributed by atoms with van der Waals surface area (Å²) < 4.78 is 0. The Balaban J connectivity index is 3.72. The highest BCUT2D eigenvalue weighted by molar-refractivity contribution is 5.73. The highest BCUT2D eigenvalue weighted by Gasteiger charge is 1.90. The fraction of sp³-hybridized carbons (Fsp3) is 0.750. The van der Waals surface area contributed by atoms with Crippen molar-refractivity contribution in [3.63, 3.8) is 0 Å². The van der Waals surface area contributed by atoms with E-state index in [-0.39, 0.29) is 0 Å². The van der Waals surface area contributed by atoms with Gasteiger partial charge >= 0.3 is 0 Å². The van der Waals surface area contributed by atoms with Crippen molar-refractivity contribution in [2.75, 3.05) is 7.11 Å². The van der Waals surface area contributed by atoms with Crippen LogP contribution in [-0.2, 0) is 4.84 Å². The Morgan fingerprint density at radius 3 is 2.00 bits per heavy atom. The van der Waals surface area contributed by atoms with Crippen molar-refractivity contribution >= 4 is 5.71 Å². The summed E-state index contributed by atoms with van der Waals surface area (Å²) in [6.45, 7) is 3.35. The molecule has 0 heterocycles. The maximum atomic E-state index is 10.2. The summed E-state index contributed by atoms with van der Waals surface area (Å²) in [5, 5.41) is 10.2. The monoisotopic (exact) mass is 103 g/mol. The molecule has 0 aromatic heterocycles. The molecule has 3 heteroatoms. The molecule has 0 atom stereocenters. The second-order valence-electron chi connectivity index (χ2n) is 1.39. The van der Waals surface area contributed by atoms with E-state index in [2.05, 4.69) is 4.84 Å². The summed E-state index contributed by atoms with van der Waals surface area (Å²) in [5.41, 5.74) is 0.600. The van der Waals surface area contributed by atoms with Gasteiger partial charge in [-0.15, -0.1) is 0 Å². The van der Waals surface area contributed by atoms with Gasteiger partial charge in [-0.3, -0.25) is 5.21 Å². The Morgan fingerprint density at radius 1 is 1.57 bits per heavy atom. The number of nitrogens with zero attached hydrogens (tertiary/aromatic N) is 1. The molecule has 0 aromatic rings. The van der Waals surface area contributed by atoms with Gasteiger partial charge in [0.2, 0.25) is 5.71 Å². The minimum atomic E-state index is 0.458. The highest BCUT2D eigenvalue weighted by atomic mass is 16.9. The Hall–Kier alpha value is -0.730. The van der Waals surface area contributed by atoms with Crippen LogP contribution < -0.4 is 0 Å². The predicted octanol–water partition coefficient (Wildman–Crippen LogP) is 0.539. The van der Waals surface area contributed by atoms with Crippen LogP contribution in [0.3, 0.4) is 0 Å². The molecular weight excluding hydrogens is 94.0 g/mol. The second kappa shape index (κ2) is 2.44. The summed E-state index contributed by atoms with van der Waals surface area (Å²) in [7, 11) is 1.33. The Labute approximate surface area is 42.8 Å². The van der Waals surface area contributed by atoms with E-state index in [4.69, 9.17) is 0 Å². The maximum Gasteiger partial charge on any atom is 0.215 e. The van der Waals surface area contributed by atoms with Gasteiger partial charge in [0.15, 0.2) is 0 Å². The quantitative estimate of drug-likeness (QED) is 0.276. The molecule has 3 nitrogen and oxygen atoms in total. The number of hydrogen-bond acceptors (Lipinski definition) is 2. The smallest absolute Gasteiger partial charge is 0.215 e. The number of hydrogen-bond donors (Lipinski definition) is 0. The van der Waals surface area contributed by atoms with E-state index in [9.17, 15) is 5.21 Å². The lowest BCUT2D eigenvalue weighted by molar-refractivity contribution is -0.733. The van der Waals surface area contributed by atoms with Crippen LogP contribution in [-0.4, -0.2) is 17.7 Å². The minimum Gasteiger partial charge on any atom is -0.407 e. The van der Waals surface area contributed by atoms with E-state index >= 15 is 0 Å². The zero-order chi connectivity index (χ0) is 5.86. The van der Waals surface area contributed by atoms with Gasteiger partial charge in [-0.05, 0) is 0 Å². The fourth-order valence-electron chi connectivity index (χ4n) is 0.183. The first-order valence-electron chi connectivity index (χ1n) is 2.00. The predicted molar refractivity (Wildman–Crippen MR) is 27.0 cm³/mol. The molecule has 0 amide bonds. The Kier molecular flexibility index (Phi) is 2.19. The summed E-state index contributed by atoms with van der Waals surface area (Å²) in [6.07, 6.45) is 0. The molecule has 0 rings (SSSR count). The van der Waals surface area contributed by atoms with E-state index in [1.807, 2.05) is 0 Å². The van der Waals surface area contributed by atoms with Crippen LogP contribution in [0, 0.1) is 5.21 Å². The fourth-order valence-corrected chi connectivity index (χ4v) is 0.183. The standard InChI is InChI=1S/C4H9NO2/c1-4(2)5(6)7-3/h1-3H3. The zero-order valence-electron chi connectivity index (χ0n) is 4.76. The average molecular weight is 103 g/mol. The van der Waals surface area contributed by atoms with Gasteiger partial charge in [-0.1, -0.05) is 0 Å². The van der Waals surface area contributed by atoms with Gasteiger partial charge < -0.3 is 4.84 Å². The molecule has 0 saturated carbocycles. The van der Waals surface area contributed by atoms with Crippen molar-refractivity contribution in [2.24, 2.45) is 0 Å². The lowest BCUT2D eigenvalue weighted by Gasteiger charge is -1.95. The molecule has 0 aliphatic rings. The first kappa shape index (κ1) is 6.27. The van der Waals surface area contributed by atoms with Crippen molar-refractivity contribution < 1.29 is 9.74 Å². The molecule has 42 valence electrons. The topological polar surface area (TPSA) is 35.3 Å². The summed E-state index contributed by atoms with van der Waals surface area (Å²) in [4.78, 5) is 4.71. The van der Waals surface area contributed by atoms with Gasteiger partial charge in [-0.25, -0.2) is 0 Å². The van der Waals surface area contributed by atoms with Crippen molar-refractivity contribution in [2.45, 2.75) is 13.8 Å². The Bertz CT molecular complexity index is 83.7. The van der Waals surface area contributed by atoms with Crippen molar-refractivity contribution in [1.29, 1.82) is 0 Å². The maximum absolute atomic E-state index is 10.2. The van der Waals surface area contributed by atoms with Crippen molar-refractivity contribution in [1.82, 2.24) is 0 Å². The molecule has 0 aliphatic heterocycles. The average Bonchev–Trinajstić information content (AvgIpc) is 1.65. The van der Waals surface area contributed by atoms with Crippen LogP contribution in [0.5, 0.6) is 0 Å². The molecule has 0 aliphatic carbocycles. The van der Waals surface area contributed by atoms with Crippen LogP contribution in [0.4, 0.5) is 0 Å². The molecular formula is C4H9NO2. The third-order valence-corrected chi connectivity index (χ3v) is 0.531.